The van der Waals surface area contributed by atoms with Crippen LogP contribution in [0.1, 0.15) is 37.8 Å². The van der Waals surface area contributed by atoms with Crippen LogP contribution in [0, 0.1) is 5.82 Å². The van der Waals surface area contributed by atoms with Crippen LogP contribution in [0.2, 0.25) is 0 Å². The smallest absolute Gasteiger partial charge is 0.191 e. The standard InChI is InChI=1S/C15H22FN3O.HI/c1-10(11-7-8-14(20-3)13(16)9-11)18-15(17-2)19-12-5-4-6-12;/h7-10,12H,4-6H2,1-3H3,(H2,17,18,19);1H. The molecule has 1 aromatic rings. The van der Waals surface area contributed by atoms with E-state index in [0.29, 0.717) is 6.04 Å². The van der Waals surface area contributed by atoms with E-state index in [0.717, 1.165) is 11.5 Å². The van der Waals surface area contributed by atoms with Gasteiger partial charge in [-0.2, -0.15) is 0 Å². The highest BCUT2D eigenvalue weighted by molar-refractivity contribution is 14.0. The normalized spacial score (nSPS) is 16.5. The average Bonchev–Trinajstić information content (AvgIpc) is 2.40. The molecule has 2 N–H and O–H groups in total. The highest BCUT2D eigenvalue weighted by atomic mass is 127. The third kappa shape index (κ3) is 4.72. The fourth-order valence-corrected chi connectivity index (χ4v) is 2.16. The average molecular weight is 407 g/mol. The minimum absolute atomic E-state index is 0. The Hall–Kier alpha value is -1.05. The maximum atomic E-state index is 13.7. The van der Waals surface area contributed by atoms with E-state index in [1.165, 1.54) is 32.4 Å². The molecule has 1 saturated carbocycles. The van der Waals surface area contributed by atoms with Crippen molar-refractivity contribution in [1.29, 1.82) is 0 Å². The van der Waals surface area contributed by atoms with Crippen molar-refractivity contribution in [3.05, 3.63) is 29.6 Å². The Morgan fingerprint density at radius 1 is 1.43 bits per heavy atom. The largest absolute Gasteiger partial charge is 0.494 e. The number of hydrogen-bond donors (Lipinski definition) is 2. The number of guanidine groups is 1. The van der Waals surface area contributed by atoms with E-state index in [1.807, 2.05) is 13.0 Å². The molecule has 1 aliphatic rings. The number of methoxy groups -OCH3 is 1. The van der Waals surface area contributed by atoms with Crippen molar-refractivity contribution in [2.24, 2.45) is 4.99 Å². The van der Waals surface area contributed by atoms with Gasteiger partial charge in [-0.05, 0) is 43.9 Å². The monoisotopic (exact) mass is 407 g/mol. The molecule has 0 bridgehead atoms. The molecule has 2 rings (SSSR count). The first-order chi connectivity index (χ1) is 9.63. The molecule has 118 valence electrons. The second-order valence-corrected chi connectivity index (χ2v) is 5.10. The van der Waals surface area contributed by atoms with Crippen LogP contribution >= 0.6 is 24.0 Å². The first-order valence-corrected chi connectivity index (χ1v) is 6.97. The highest BCUT2D eigenvalue weighted by Crippen LogP contribution is 2.22. The van der Waals surface area contributed by atoms with Gasteiger partial charge in [-0.15, -0.1) is 24.0 Å². The van der Waals surface area contributed by atoms with Crippen LogP contribution in [0.5, 0.6) is 5.75 Å². The molecule has 4 nitrogen and oxygen atoms in total. The van der Waals surface area contributed by atoms with Gasteiger partial charge < -0.3 is 15.4 Å². The lowest BCUT2D eigenvalue weighted by Gasteiger charge is -2.29. The van der Waals surface area contributed by atoms with E-state index in [1.54, 1.807) is 13.1 Å². The summed E-state index contributed by atoms with van der Waals surface area (Å²) in [5, 5.41) is 6.64. The molecule has 1 aromatic carbocycles. The summed E-state index contributed by atoms with van der Waals surface area (Å²) in [7, 11) is 3.21. The van der Waals surface area contributed by atoms with Crippen molar-refractivity contribution < 1.29 is 9.13 Å². The van der Waals surface area contributed by atoms with Gasteiger partial charge in [0.25, 0.3) is 0 Å². The minimum atomic E-state index is -0.347. The summed E-state index contributed by atoms with van der Waals surface area (Å²) in [6.07, 6.45) is 3.65. The molecule has 1 aliphatic carbocycles. The molecule has 0 aromatic heterocycles. The lowest BCUT2D eigenvalue weighted by atomic mass is 9.93. The Labute approximate surface area is 142 Å². The molecule has 0 amide bonds. The van der Waals surface area contributed by atoms with E-state index in [9.17, 15) is 4.39 Å². The van der Waals surface area contributed by atoms with Gasteiger partial charge in [0.15, 0.2) is 17.5 Å². The topological polar surface area (TPSA) is 45.7 Å². The second kappa shape index (κ2) is 8.41. The Bertz CT molecular complexity index is 492. The molecule has 21 heavy (non-hydrogen) atoms. The SMILES string of the molecule is CN=C(NC1CCC1)NC(C)c1ccc(OC)c(F)c1.I. The number of nitrogens with one attached hydrogen (secondary N) is 2. The minimum Gasteiger partial charge on any atom is -0.494 e. The van der Waals surface area contributed by atoms with Gasteiger partial charge in [0.2, 0.25) is 0 Å². The molecule has 1 atom stereocenters. The van der Waals surface area contributed by atoms with E-state index in [4.69, 9.17) is 4.74 Å². The predicted molar refractivity (Wildman–Crippen MR) is 94.1 cm³/mol. The van der Waals surface area contributed by atoms with E-state index < -0.39 is 0 Å². The van der Waals surface area contributed by atoms with Gasteiger partial charge in [0.05, 0.1) is 13.2 Å². The molecule has 0 saturated heterocycles. The van der Waals surface area contributed by atoms with Crippen molar-refractivity contribution >= 4 is 29.9 Å². The molecule has 0 radical (unpaired) electrons. The molecule has 0 heterocycles. The van der Waals surface area contributed by atoms with Gasteiger partial charge in [0, 0.05) is 13.1 Å². The quantitative estimate of drug-likeness (QED) is 0.458. The van der Waals surface area contributed by atoms with Crippen molar-refractivity contribution in [3.63, 3.8) is 0 Å². The van der Waals surface area contributed by atoms with Crippen LogP contribution in [0.4, 0.5) is 4.39 Å². The van der Waals surface area contributed by atoms with E-state index >= 15 is 0 Å². The van der Waals surface area contributed by atoms with Gasteiger partial charge in [-0.3, -0.25) is 4.99 Å². The maximum absolute atomic E-state index is 13.7. The summed E-state index contributed by atoms with van der Waals surface area (Å²) in [5.41, 5.74) is 0.861. The molecular weight excluding hydrogens is 384 g/mol. The second-order valence-electron chi connectivity index (χ2n) is 5.10. The number of nitrogens with zero attached hydrogens (tertiary/aromatic N) is 1. The number of ether oxygens (including phenoxy) is 1. The summed E-state index contributed by atoms with van der Waals surface area (Å²) < 4.78 is 18.6. The fourth-order valence-electron chi connectivity index (χ4n) is 2.16. The molecule has 1 unspecified atom stereocenters. The number of hydrogen-bond acceptors (Lipinski definition) is 2. The van der Waals surface area contributed by atoms with Crippen molar-refractivity contribution in [2.75, 3.05) is 14.2 Å². The number of aliphatic imine (C=N–C) groups is 1. The van der Waals surface area contributed by atoms with Crippen molar-refractivity contribution in [2.45, 2.75) is 38.3 Å². The van der Waals surface area contributed by atoms with E-state index in [2.05, 4.69) is 15.6 Å². The summed E-state index contributed by atoms with van der Waals surface area (Å²) in [4.78, 5) is 4.21. The molecule has 6 heteroatoms. The zero-order valence-corrected chi connectivity index (χ0v) is 15.0. The first kappa shape index (κ1) is 18.0. The van der Waals surface area contributed by atoms with Crippen LogP contribution in [-0.2, 0) is 0 Å². The highest BCUT2D eigenvalue weighted by Gasteiger charge is 2.19. The van der Waals surface area contributed by atoms with Gasteiger partial charge in [-0.25, -0.2) is 4.39 Å². The molecule has 0 aliphatic heterocycles. The van der Waals surface area contributed by atoms with Crippen LogP contribution in [0.15, 0.2) is 23.2 Å². The lowest BCUT2D eigenvalue weighted by molar-refractivity contribution is 0.378. The van der Waals surface area contributed by atoms with Gasteiger partial charge in [0.1, 0.15) is 0 Å². The number of rotatable bonds is 4. The first-order valence-electron chi connectivity index (χ1n) is 6.97. The predicted octanol–water partition coefficient (Wildman–Crippen LogP) is 3.23. The maximum Gasteiger partial charge on any atom is 0.191 e. The molecular formula is C15H23FIN3O. The third-order valence-corrected chi connectivity index (χ3v) is 3.70. The van der Waals surface area contributed by atoms with Crippen molar-refractivity contribution in [1.82, 2.24) is 10.6 Å². The lowest BCUT2D eigenvalue weighted by Crippen LogP contribution is -2.46. The Balaban J connectivity index is 0.00000220. The Morgan fingerprint density at radius 2 is 2.14 bits per heavy atom. The van der Waals surface area contributed by atoms with Crippen LogP contribution < -0.4 is 15.4 Å². The summed E-state index contributed by atoms with van der Waals surface area (Å²) in [5.74, 6) is 0.678. The number of halogens is 2. The van der Waals surface area contributed by atoms with Crippen LogP contribution in [-0.4, -0.2) is 26.2 Å². The summed E-state index contributed by atoms with van der Waals surface area (Å²) in [6, 6.07) is 5.48. The molecule has 1 fully saturated rings. The van der Waals surface area contributed by atoms with Crippen molar-refractivity contribution in [3.8, 4) is 5.75 Å². The Kier molecular flexibility index (Phi) is 7.21. The summed E-state index contributed by atoms with van der Waals surface area (Å²) >= 11 is 0. The third-order valence-electron chi connectivity index (χ3n) is 3.70. The zero-order chi connectivity index (χ0) is 14.5. The van der Waals surface area contributed by atoms with Gasteiger partial charge >= 0.3 is 0 Å². The summed E-state index contributed by atoms with van der Waals surface area (Å²) in [6.45, 7) is 1.98. The Morgan fingerprint density at radius 3 is 2.62 bits per heavy atom. The van der Waals surface area contributed by atoms with Crippen LogP contribution in [0.25, 0.3) is 0 Å². The van der Waals surface area contributed by atoms with E-state index in [-0.39, 0.29) is 41.6 Å². The van der Waals surface area contributed by atoms with Gasteiger partial charge in [-0.1, -0.05) is 6.07 Å². The fraction of sp³-hybridized carbons (Fsp3) is 0.533. The van der Waals surface area contributed by atoms with Crippen LogP contribution in [0.3, 0.4) is 0 Å². The number of benzene rings is 1. The molecule has 0 spiro atoms. The zero-order valence-electron chi connectivity index (χ0n) is 12.6.